The minimum atomic E-state index is -0.357. The van der Waals surface area contributed by atoms with Crippen molar-refractivity contribution in [2.24, 2.45) is 7.05 Å². The standard InChI is InChI=1S/C18H21N3O3/c1-12-5-10-15(21(12)2)17(22)19-13-6-8-14(9-7-13)20-18(23)16-4-3-11-24-16/h5-10,16H,3-4,11H2,1-2H3,(H,19,22)(H,20,23)/t16-/m0/s1. The van der Waals surface area contributed by atoms with E-state index in [-0.39, 0.29) is 17.9 Å². The molecule has 0 aliphatic carbocycles. The Labute approximate surface area is 140 Å². The second-order valence-electron chi connectivity index (χ2n) is 5.94. The van der Waals surface area contributed by atoms with Crippen molar-refractivity contribution in [1.82, 2.24) is 4.57 Å². The SMILES string of the molecule is Cc1ccc(C(=O)Nc2ccc(NC(=O)[C@@H]3CCCO3)cc2)n1C. The van der Waals surface area contributed by atoms with E-state index in [1.807, 2.05) is 24.6 Å². The fourth-order valence-electron chi connectivity index (χ4n) is 2.68. The molecule has 1 atom stereocenters. The van der Waals surface area contributed by atoms with E-state index < -0.39 is 0 Å². The highest BCUT2D eigenvalue weighted by Gasteiger charge is 2.23. The number of anilines is 2. The lowest BCUT2D eigenvalue weighted by Gasteiger charge is -2.11. The highest BCUT2D eigenvalue weighted by atomic mass is 16.5. The van der Waals surface area contributed by atoms with Crippen LogP contribution in [0.3, 0.4) is 0 Å². The van der Waals surface area contributed by atoms with Gasteiger partial charge in [0.2, 0.25) is 0 Å². The van der Waals surface area contributed by atoms with Crippen LogP contribution in [0, 0.1) is 6.92 Å². The minimum Gasteiger partial charge on any atom is -0.368 e. The summed E-state index contributed by atoms with van der Waals surface area (Å²) in [7, 11) is 1.86. The number of hydrogen-bond acceptors (Lipinski definition) is 3. The molecule has 0 unspecified atom stereocenters. The van der Waals surface area contributed by atoms with E-state index in [2.05, 4.69) is 10.6 Å². The Bertz CT molecular complexity index is 743. The Kier molecular flexibility index (Phi) is 4.66. The van der Waals surface area contributed by atoms with Crippen LogP contribution in [0.15, 0.2) is 36.4 Å². The van der Waals surface area contributed by atoms with Crippen LogP contribution in [0.2, 0.25) is 0 Å². The average molecular weight is 327 g/mol. The molecule has 0 radical (unpaired) electrons. The summed E-state index contributed by atoms with van der Waals surface area (Å²) in [5.74, 6) is -0.287. The maximum Gasteiger partial charge on any atom is 0.272 e. The highest BCUT2D eigenvalue weighted by molar-refractivity contribution is 6.03. The van der Waals surface area contributed by atoms with Crippen molar-refractivity contribution < 1.29 is 14.3 Å². The number of nitrogens with zero attached hydrogens (tertiary/aromatic N) is 1. The topological polar surface area (TPSA) is 72.4 Å². The molecule has 1 saturated heterocycles. The second-order valence-corrected chi connectivity index (χ2v) is 5.94. The number of aryl methyl sites for hydroxylation is 1. The Morgan fingerprint density at radius 2 is 1.75 bits per heavy atom. The summed E-state index contributed by atoms with van der Waals surface area (Å²) in [5, 5.41) is 5.68. The van der Waals surface area contributed by atoms with Crippen LogP contribution in [-0.4, -0.2) is 29.1 Å². The zero-order valence-electron chi connectivity index (χ0n) is 13.8. The van der Waals surface area contributed by atoms with E-state index in [0.29, 0.717) is 23.7 Å². The van der Waals surface area contributed by atoms with Crippen molar-refractivity contribution in [3.05, 3.63) is 47.8 Å². The molecule has 0 spiro atoms. The lowest BCUT2D eigenvalue weighted by molar-refractivity contribution is -0.124. The highest BCUT2D eigenvalue weighted by Crippen LogP contribution is 2.18. The third-order valence-electron chi connectivity index (χ3n) is 4.24. The quantitative estimate of drug-likeness (QED) is 0.907. The zero-order valence-corrected chi connectivity index (χ0v) is 13.8. The third-order valence-corrected chi connectivity index (χ3v) is 4.24. The van der Waals surface area contributed by atoms with Gasteiger partial charge in [-0.15, -0.1) is 0 Å². The van der Waals surface area contributed by atoms with Crippen molar-refractivity contribution in [1.29, 1.82) is 0 Å². The molecule has 3 rings (SSSR count). The number of amides is 2. The van der Waals surface area contributed by atoms with Crippen LogP contribution in [0.25, 0.3) is 0 Å². The molecule has 1 aromatic carbocycles. The van der Waals surface area contributed by atoms with Crippen LogP contribution >= 0.6 is 0 Å². The fraction of sp³-hybridized carbons (Fsp3) is 0.333. The lowest BCUT2D eigenvalue weighted by Crippen LogP contribution is -2.26. The van der Waals surface area contributed by atoms with E-state index in [0.717, 1.165) is 18.5 Å². The molecule has 6 nitrogen and oxygen atoms in total. The number of benzene rings is 1. The van der Waals surface area contributed by atoms with Crippen LogP contribution in [0.4, 0.5) is 11.4 Å². The summed E-state index contributed by atoms with van der Waals surface area (Å²) in [6.07, 6.45) is 1.32. The molecule has 2 aromatic rings. The average Bonchev–Trinajstić information content (AvgIpc) is 3.21. The first kappa shape index (κ1) is 16.3. The van der Waals surface area contributed by atoms with Gasteiger partial charge in [-0.2, -0.15) is 0 Å². The Balaban J connectivity index is 1.61. The maximum absolute atomic E-state index is 12.3. The first-order valence-electron chi connectivity index (χ1n) is 8.01. The zero-order chi connectivity index (χ0) is 17.1. The second kappa shape index (κ2) is 6.88. The van der Waals surface area contributed by atoms with Gasteiger partial charge in [-0.25, -0.2) is 0 Å². The normalized spacial score (nSPS) is 16.8. The van der Waals surface area contributed by atoms with Crippen molar-refractivity contribution in [2.75, 3.05) is 17.2 Å². The summed E-state index contributed by atoms with van der Waals surface area (Å²) in [4.78, 5) is 24.3. The molecule has 1 aliphatic heterocycles. The van der Waals surface area contributed by atoms with Gasteiger partial charge < -0.3 is 19.9 Å². The molecule has 2 amide bonds. The summed E-state index contributed by atoms with van der Waals surface area (Å²) >= 11 is 0. The van der Waals surface area contributed by atoms with E-state index in [1.54, 1.807) is 30.3 Å². The molecule has 6 heteroatoms. The van der Waals surface area contributed by atoms with Gasteiger partial charge in [0.15, 0.2) is 0 Å². The van der Waals surface area contributed by atoms with Crippen LogP contribution in [0.5, 0.6) is 0 Å². The van der Waals surface area contributed by atoms with Gasteiger partial charge in [0, 0.05) is 30.7 Å². The Morgan fingerprint density at radius 1 is 1.08 bits per heavy atom. The van der Waals surface area contributed by atoms with Gasteiger partial charge in [0.25, 0.3) is 11.8 Å². The van der Waals surface area contributed by atoms with E-state index in [1.165, 1.54) is 0 Å². The van der Waals surface area contributed by atoms with Crippen LogP contribution < -0.4 is 10.6 Å². The van der Waals surface area contributed by atoms with Gasteiger partial charge in [0.05, 0.1) is 0 Å². The number of ether oxygens (including phenoxy) is 1. The molecule has 2 heterocycles. The molecule has 126 valence electrons. The number of carbonyl (C=O) groups excluding carboxylic acids is 2. The summed E-state index contributed by atoms with van der Waals surface area (Å²) in [6, 6.07) is 10.7. The summed E-state index contributed by atoms with van der Waals surface area (Å²) in [5.41, 5.74) is 2.98. The third kappa shape index (κ3) is 3.49. The summed E-state index contributed by atoms with van der Waals surface area (Å²) in [6.45, 7) is 2.59. The Morgan fingerprint density at radius 3 is 2.29 bits per heavy atom. The molecule has 1 fully saturated rings. The molecule has 0 bridgehead atoms. The number of carbonyl (C=O) groups is 2. The van der Waals surface area contributed by atoms with Gasteiger partial charge in [-0.1, -0.05) is 0 Å². The molecule has 2 N–H and O–H groups in total. The molecule has 1 aliphatic rings. The predicted octanol–water partition coefficient (Wildman–Crippen LogP) is 2.70. The molecule has 0 saturated carbocycles. The number of aromatic nitrogens is 1. The van der Waals surface area contributed by atoms with Gasteiger partial charge >= 0.3 is 0 Å². The minimum absolute atomic E-state index is 0.122. The molecular formula is C18H21N3O3. The maximum atomic E-state index is 12.3. The summed E-state index contributed by atoms with van der Waals surface area (Å²) < 4.78 is 7.19. The van der Waals surface area contributed by atoms with Crippen molar-refractivity contribution in [3.63, 3.8) is 0 Å². The van der Waals surface area contributed by atoms with Gasteiger partial charge in [0.1, 0.15) is 11.8 Å². The molecule has 24 heavy (non-hydrogen) atoms. The fourth-order valence-corrected chi connectivity index (χ4v) is 2.68. The smallest absolute Gasteiger partial charge is 0.272 e. The lowest BCUT2D eigenvalue weighted by atomic mass is 10.2. The largest absolute Gasteiger partial charge is 0.368 e. The molecular weight excluding hydrogens is 306 g/mol. The number of hydrogen-bond donors (Lipinski definition) is 2. The van der Waals surface area contributed by atoms with Crippen LogP contribution in [0.1, 0.15) is 29.0 Å². The first-order valence-corrected chi connectivity index (χ1v) is 8.01. The first-order chi connectivity index (χ1) is 11.5. The van der Waals surface area contributed by atoms with Gasteiger partial charge in [-0.3, -0.25) is 9.59 Å². The van der Waals surface area contributed by atoms with Crippen molar-refractivity contribution in [3.8, 4) is 0 Å². The van der Waals surface area contributed by atoms with Crippen molar-refractivity contribution >= 4 is 23.2 Å². The van der Waals surface area contributed by atoms with E-state index in [4.69, 9.17) is 4.74 Å². The van der Waals surface area contributed by atoms with Crippen LogP contribution in [-0.2, 0) is 16.6 Å². The van der Waals surface area contributed by atoms with E-state index >= 15 is 0 Å². The number of nitrogens with one attached hydrogen (secondary N) is 2. The van der Waals surface area contributed by atoms with Gasteiger partial charge in [-0.05, 0) is 56.2 Å². The molecule has 1 aromatic heterocycles. The number of rotatable bonds is 4. The van der Waals surface area contributed by atoms with E-state index in [9.17, 15) is 9.59 Å². The predicted molar refractivity (Wildman–Crippen MR) is 92.1 cm³/mol. The van der Waals surface area contributed by atoms with Crippen molar-refractivity contribution in [2.45, 2.75) is 25.9 Å². The Hall–Kier alpha value is -2.60. The monoisotopic (exact) mass is 327 g/mol.